The average Bonchev–Trinajstić information content (AvgIpc) is 2.79. The molecule has 1 aromatic rings. The Bertz CT molecular complexity index is 543. The summed E-state index contributed by atoms with van der Waals surface area (Å²) < 4.78 is 9.63. The maximum Gasteiger partial charge on any atom is 0.338 e. The normalized spacial score (nSPS) is 13.5. The van der Waals surface area contributed by atoms with E-state index in [4.69, 9.17) is 4.74 Å². The number of cyclic esters (lactones) is 1. The number of esters is 2. The van der Waals surface area contributed by atoms with Crippen LogP contribution in [0.3, 0.4) is 0 Å². The first kappa shape index (κ1) is 13.3. The molecular weight excluding hydrogens is 244 g/mol. The number of aryl methyl sites for hydroxylation is 1. The summed E-state index contributed by atoms with van der Waals surface area (Å²) in [4.78, 5) is 22.8. The minimum Gasteiger partial charge on any atom is -0.466 e. The van der Waals surface area contributed by atoms with Gasteiger partial charge in [-0.15, -0.1) is 0 Å². The van der Waals surface area contributed by atoms with Gasteiger partial charge in [-0.1, -0.05) is 19.4 Å². The number of methoxy groups -OCH3 is 1. The molecule has 0 spiro atoms. The fraction of sp³-hybridized carbons (Fsp3) is 0.333. The van der Waals surface area contributed by atoms with Gasteiger partial charge < -0.3 is 9.47 Å². The van der Waals surface area contributed by atoms with Gasteiger partial charge in [0.15, 0.2) is 0 Å². The van der Waals surface area contributed by atoms with Gasteiger partial charge in [-0.25, -0.2) is 9.59 Å². The Hall–Kier alpha value is -2.10. The summed E-state index contributed by atoms with van der Waals surface area (Å²) in [7, 11) is 1.34. The summed E-state index contributed by atoms with van der Waals surface area (Å²) in [6.07, 6.45) is 4.96. The second kappa shape index (κ2) is 5.69. The molecule has 0 N–H and O–H groups in total. The Kier molecular flexibility index (Phi) is 4.00. The molecule has 0 amide bonds. The molecule has 1 heterocycles. The Balaban J connectivity index is 2.45. The maximum absolute atomic E-state index is 11.5. The molecule has 0 saturated heterocycles. The second-order valence-corrected chi connectivity index (χ2v) is 4.35. The summed E-state index contributed by atoms with van der Waals surface area (Å²) in [5.74, 6) is -0.712. The molecule has 1 aliphatic rings. The van der Waals surface area contributed by atoms with Crippen LogP contribution in [0.25, 0.3) is 6.08 Å². The van der Waals surface area contributed by atoms with E-state index in [1.807, 2.05) is 6.07 Å². The highest BCUT2D eigenvalue weighted by molar-refractivity contribution is 5.96. The van der Waals surface area contributed by atoms with E-state index in [9.17, 15) is 9.59 Å². The van der Waals surface area contributed by atoms with Crippen molar-refractivity contribution in [3.8, 4) is 0 Å². The highest BCUT2D eigenvalue weighted by atomic mass is 16.5. The molecule has 0 aromatic heterocycles. The summed E-state index contributed by atoms with van der Waals surface area (Å²) in [6.45, 7) is 2.36. The number of hydrogen-bond acceptors (Lipinski definition) is 4. The fourth-order valence-corrected chi connectivity index (χ4v) is 2.19. The summed E-state index contributed by atoms with van der Waals surface area (Å²) >= 11 is 0. The van der Waals surface area contributed by atoms with Crippen LogP contribution in [0.4, 0.5) is 0 Å². The monoisotopic (exact) mass is 260 g/mol. The zero-order valence-electron chi connectivity index (χ0n) is 11.1. The van der Waals surface area contributed by atoms with Gasteiger partial charge in [0.05, 0.1) is 12.7 Å². The minimum absolute atomic E-state index is 0.270. The number of ether oxygens (including phenoxy) is 2. The standard InChI is InChI=1S/C15H16O4/c1-3-4-10-5-6-12-13(9-19-15(12)17)11(10)7-8-14(16)18-2/h5-8H,3-4,9H2,1-2H3/b8-7+. The average molecular weight is 260 g/mol. The minimum atomic E-state index is -0.412. The Morgan fingerprint density at radius 2 is 2.26 bits per heavy atom. The molecular formula is C15H16O4. The lowest BCUT2D eigenvalue weighted by atomic mass is 9.94. The van der Waals surface area contributed by atoms with Crippen molar-refractivity contribution < 1.29 is 19.1 Å². The van der Waals surface area contributed by atoms with Crippen LogP contribution in [0, 0.1) is 0 Å². The first-order valence-corrected chi connectivity index (χ1v) is 6.25. The van der Waals surface area contributed by atoms with E-state index in [-0.39, 0.29) is 12.6 Å². The lowest BCUT2D eigenvalue weighted by Gasteiger charge is -2.08. The number of benzene rings is 1. The van der Waals surface area contributed by atoms with Crippen LogP contribution in [0.2, 0.25) is 0 Å². The summed E-state index contributed by atoms with van der Waals surface area (Å²) in [5, 5.41) is 0. The van der Waals surface area contributed by atoms with Crippen molar-refractivity contribution >= 4 is 18.0 Å². The van der Waals surface area contributed by atoms with Gasteiger partial charge in [-0.2, -0.15) is 0 Å². The predicted octanol–water partition coefficient (Wildman–Crippen LogP) is 2.50. The van der Waals surface area contributed by atoms with Crippen molar-refractivity contribution in [2.45, 2.75) is 26.4 Å². The Morgan fingerprint density at radius 1 is 1.47 bits per heavy atom. The van der Waals surface area contributed by atoms with Gasteiger partial charge in [-0.3, -0.25) is 0 Å². The molecule has 1 aromatic carbocycles. The topological polar surface area (TPSA) is 52.6 Å². The third-order valence-corrected chi connectivity index (χ3v) is 3.12. The summed E-state index contributed by atoms with van der Waals surface area (Å²) in [5.41, 5.74) is 3.45. The molecule has 0 aliphatic carbocycles. The number of fused-ring (bicyclic) bond motifs is 1. The van der Waals surface area contributed by atoms with E-state index >= 15 is 0 Å². The van der Waals surface area contributed by atoms with Gasteiger partial charge in [0.1, 0.15) is 6.61 Å². The molecule has 0 saturated carbocycles. The van der Waals surface area contributed by atoms with E-state index in [1.165, 1.54) is 13.2 Å². The lowest BCUT2D eigenvalue weighted by Crippen LogP contribution is -1.99. The van der Waals surface area contributed by atoms with E-state index in [1.54, 1.807) is 12.1 Å². The Morgan fingerprint density at radius 3 is 2.95 bits per heavy atom. The van der Waals surface area contributed by atoms with Crippen LogP contribution in [-0.2, 0) is 27.3 Å². The molecule has 4 nitrogen and oxygen atoms in total. The van der Waals surface area contributed by atoms with Crippen LogP contribution in [0.15, 0.2) is 18.2 Å². The van der Waals surface area contributed by atoms with Crippen LogP contribution < -0.4 is 0 Å². The second-order valence-electron chi connectivity index (χ2n) is 4.35. The Labute approximate surface area is 112 Å². The first-order valence-electron chi connectivity index (χ1n) is 6.25. The molecule has 0 fully saturated rings. The third kappa shape index (κ3) is 2.67. The molecule has 0 unspecified atom stereocenters. The first-order chi connectivity index (χ1) is 9.17. The molecule has 1 aliphatic heterocycles. The molecule has 0 bridgehead atoms. The molecule has 19 heavy (non-hydrogen) atoms. The molecule has 4 heteroatoms. The predicted molar refractivity (Wildman–Crippen MR) is 70.6 cm³/mol. The van der Waals surface area contributed by atoms with Crippen LogP contribution in [-0.4, -0.2) is 19.0 Å². The van der Waals surface area contributed by atoms with Crippen molar-refractivity contribution in [2.24, 2.45) is 0 Å². The van der Waals surface area contributed by atoms with Crippen LogP contribution in [0.5, 0.6) is 0 Å². The third-order valence-electron chi connectivity index (χ3n) is 3.12. The quantitative estimate of drug-likeness (QED) is 0.616. The summed E-state index contributed by atoms with van der Waals surface area (Å²) in [6, 6.07) is 3.72. The van der Waals surface area contributed by atoms with Crippen molar-refractivity contribution in [1.29, 1.82) is 0 Å². The number of hydrogen-bond donors (Lipinski definition) is 0. The van der Waals surface area contributed by atoms with Gasteiger partial charge in [0.25, 0.3) is 0 Å². The number of carbonyl (C=O) groups is 2. The fourth-order valence-electron chi connectivity index (χ4n) is 2.19. The molecule has 0 atom stereocenters. The zero-order chi connectivity index (χ0) is 13.8. The van der Waals surface area contributed by atoms with Gasteiger partial charge in [0, 0.05) is 11.6 Å². The molecule has 100 valence electrons. The van der Waals surface area contributed by atoms with Gasteiger partial charge in [0.2, 0.25) is 0 Å². The number of carbonyl (C=O) groups excluding carboxylic acids is 2. The van der Waals surface area contributed by atoms with Crippen LogP contribution >= 0.6 is 0 Å². The highest BCUT2D eigenvalue weighted by Crippen LogP contribution is 2.28. The maximum atomic E-state index is 11.5. The highest BCUT2D eigenvalue weighted by Gasteiger charge is 2.24. The van der Waals surface area contributed by atoms with E-state index in [2.05, 4.69) is 11.7 Å². The van der Waals surface area contributed by atoms with E-state index < -0.39 is 5.97 Å². The van der Waals surface area contributed by atoms with Crippen molar-refractivity contribution in [2.75, 3.05) is 7.11 Å². The van der Waals surface area contributed by atoms with Crippen molar-refractivity contribution in [1.82, 2.24) is 0 Å². The van der Waals surface area contributed by atoms with Crippen molar-refractivity contribution in [3.63, 3.8) is 0 Å². The molecule has 2 rings (SSSR count). The zero-order valence-corrected chi connectivity index (χ0v) is 11.1. The smallest absolute Gasteiger partial charge is 0.338 e. The SMILES string of the molecule is CCCc1ccc2c(c1/C=C/C(=O)OC)COC2=O. The molecule has 0 radical (unpaired) electrons. The van der Waals surface area contributed by atoms with E-state index in [0.29, 0.717) is 5.56 Å². The lowest BCUT2D eigenvalue weighted by molar-refractivity contribution is -0.134. The van der Waals surface area contributed by atoms with Gasteiger partial charge >= 0.3 is 11.9 Å². The van der Waals surface area contributed by atoms with Crippen LogP contribution in [0.1, 0.15) is 40.4 Å². The van der Waals surface area contributed by atoms with Gasteiger partial charge in [-0.05, 0) is 29.7 Å². The number of rotatable bonds is 4. The largest absolute Gasteiger partial charge is 0.466 e. The van der Waals surface area contributed by atoms with Crippen molar-refractivity contribution in [3.05, 3.63) is 40.5 Å². The van der Waals surface area contributed by atoms with E-state index in [0.717, 1.165) is 29.5 Å².